The van der Waals surface area contributed by atoms with Gasteiger partial charge in [0.25, 0.3) is 5.91 Å². The number of thioether (sulfide) groups is 1. The molecule has 4 rings (SSSR count). The maximum atomic E-state index is 12.8. The van der Waals surface area contributed by atoms with E-state index < -0.39 is 5.97 Å². The lowest BCUT2D eigenvalue weighted by molar-refractivity contribution is -0.113. The minimum atomic E-state index is -0.470. The fraction of sp³-hybridized carbons (Fsp3) is 0.138. The maximum Gasteiger partial charge on any atom is 0.341 e. The first-order valence-electron chi connectivity index (χ1n) is 11.7. The summed E-state index contributed by atoms with van der Waals surface area (Å²) < 4.78 is 5.26. The number of hydrogen-bond donors (Lipinski definition) is 2. The Morgan fingerprint density at radius 2 is 1.68 bits per heavy atom. The third-order valence-corrected chi connectivity index (χ3v) is 7.27. The van der Waals surface area contributed by atoms with Gasteiger partial charge in [-0.15, -0.1) is 23.1 Å². The molecule has 8 heteroatoms. The lowest BCUT2D eigenvalue weighted by Gasteiger charge is -2.10. The molecule has 2 amide bonds. The second-order valence-corrected chi connectivity index (χ2v) is 10.1. The Morgan fingerprint density at radius 3 is 2.41 bits per heavy atom. The summed E-state index contributed by atoms with van der Waals surface area (Å²) in [5, 5.41) is 8.08. The highest BCUT2D eigenvalue weighted by molar-refractivity contribution is 8.00. The molecule has 4 aromatic rings. The molecule has 0 aliphatic carbocycles. The molecule has 2 N–H and O–H groups in total. The van der Waals surface area contributed by atoms with E-state index in [1.54, 1.807) is 25.1 Å². The number of carbonyl (C=O) groups excluding carboxylic acids is 3. The molecule has 0 aliphatic heterocycles. The van der Waals surface area contributed by atoms with E-state index in [4.69, 9.17) is 4.74 Å². The molecule has 6 nitrogen and oxygen atoms in total. The molecular weight excluding hydrogens is 504 g/mol. The van der Waals surface area contributed by atoms with Crippen molar-refractivity contribution >= 4 is 51.6 Å². The molecule has 0 radical (unpaired) electrons. The van der Waals surface area contributed by atoms with Gasteiger partial charge >= 0.3 is 5.97 Å². The van der Waals surface area contributed by atoms with E-state index in [0.717, 1.165) is 21.6 Å². The number of ether oxygens (including phenoxy) is 1. The second kappa shape index (κ2) is 12.4. The summed E-state index contributed by atoms with van der Waals surface area (Å²) in [5.74, 6) is -0.775. The van der Waals surface area contributed by atoms with Crippen LogP contribution in [0.1, 0.15) is 33.2 Å². The van der Waals surface area contributed by atoms with Gasteiger partial charge in [0, 0.05) is 27.1 Å². The second-order valence-electron chi connectivity index (χ2n) is 8.12. The average Bonchev–Trinajstić information content (AvgIpc) is 3.32. The van der Waals surface area contributed by atoms with Crippen molar-refractivity contribution in [1.29, 1.82) is 0 Å². The third-order valence-electron chi connectivity index (χ3n) is 5.38. The van der Waals surface area contributed by atoms with Crippen LogP contribution in [0.2, 0.25) is 0 Å². The Bertz CT molecular complexity index is 1400. The van der Waals surface area contributed by atoms with Gasteiger partial charge in [-0.3, -0.25) is 9.59 Å². The van der Waals surface area contributed by atoms with Gasteiger partial charge in [-0.1, -0.05) is 54.1 Å². The molecule has 0 saturated carbocycles. The molecule has 0 saturated heterocycles. The van der Waals surface area contributed by atoms with E-state index in [2.05, 4.69) is 10.6 Å². The van der Waals surface area contributed by atoms with Crippen LogP contribution in [0.25, 0.3) is 11.1 Å². The maximum absolute atomic E-state index is 12.8. The Balaban J connectivity index is 1.41. The average molecular weight is 531 g/mol. The number of hydrogen-bond acceptors (Lipinski definition) is 6. The number of aryl methyl sites for hydroxylation is 1. The molecule has 0 spiro atoms. The van der Waals surface area contributed by atoms with Crippen molar-refractivity contribution in [2.75, 3.05) is 23.0 Å². The summed E-state index contributed by atoms with van der Waals surface area (Å²) >= 11 is 2.63. The van der Waals surface area contributed by atoms with Crippen molar-refractivity contribution in [2.24, 2.45) is 0 Å². The highest BCUT2D eigenvalue weighted by Gasteiger charge is 2.22. The zero-order chi connectivity index (χ0) is 26.2. The van der Waals surface area contributed by atoms with Crippen LogP contribution < -0.4 is 10.6 Å². The van der Waals surface area contributed by atoms with Crippen molar-refractivity contribution in [2.45, 2.75) is 18.7 Å². The van der Waals surface area contributed by atoms with Crippen molar-refractivity contribution in [1.82, 2.24) is 0 Å². The summed E-state index contributed by atoms with van der Waals surface area (Å²) in [6.45, 7) is 3.96. The first-order valence-corrected chi connectivity index (χ1v) is 13.6. The van der Waals surface area contributed by atoms with Crippen molar-refractivity contribution in [3.8, 4) is 11.1 Å². The summed E-state index contributed by atoms with van der Waals surface area (Å²) in [6, 6.07) is 24.2. The monoisotopic (exact) mass is 530 g/mol. The van der Waals surface area contributed by atoms with E-state index in [1.165, 1.54) is 23.1 Å². The number of anilines is 2. The largest absolute Gasteiger partial charge is 0.462 e. The normalized spacial score (nSPS) is 10.5. The van der Waals surface area contributed by atoms with E-state index in [1.807, 2.05) is 73.0 Å². The van der Waals surface area contributed by atoms with Crippen LogP contribution in [0.5, 0.6) is 0 Å². The van der Waals surface area contributed by atoms with Crippen LogP contribution in [0.3, 0.4) is 0 Å². The van der Waals surface area contributed by atoms with Crippen LogP contribution in [-0.2, 0) is 9.53 Å². The quantitative estimate of drug-likeness (QED) is 0.182. The molecular formula is C29H26N2O4S2. The molecule has 0 fully saturated rings. The van der Waals surface area contributed by atoms with E-state index >= 15 is 0 Å². The molecule has 1 aromatic heterocycles. The summed E-state index contributed by atoms with van der Waals surface area (Å²) in [4.78, 5) is 38.9. The minimum absolute atomic E-state index is 0.135. The SMILES string of the molecule is CCOC(=O)c1c(-c2ccccc2)csc1NC(=O)CSc1cccc(NC(=O)c2ccc(C)cc2)c1. The van der Waals surface area contributed by atoms with Crippen molar-refractivity contribution in [3.63, 3.8) is 0 Å². The zero-order valence-electron chi connectivity index (χ0n) is 20.4. The smallest absolute Gasteiger partial charge is 0.341 e. The highest BCUT2D eigenvalue weighted by Crippen LogP contribution is 2.36. The zero-order valence-corrected chi connectivity index (χ0v) is 22.1. The van der Waals surface area contributed by atoms with Gasteiger partial charge in [0.1, 0.15) is 10.6 Å². The number of rotatable bonds is 9. The van der Waals surface area contributed by atoms with Gasteiger partial charge in [-0.25, -0.2) is 4.79 Å². The van der Waals surface area contributed by atoms with E-state index in [9.17, 15) is 14.4 Å². The molecule has 0 unspecified atom stereocenters. The van der Waals surface area contributed by atoms with E-state index in [-0.39, 0.29) is 24.2 Å². The first-order chi connectivity index (χ1) is 17.9. The third kappa shape index (κ3) is 6.87. The number of carbonyl (C=O) groups is 3. The highest BCUT2D eigenvalue weighted by atomic mass is 32.2. The molecule has 3 aromatic carbocycles. The van der Waals surface area contributed by atoms with Crippen LogP contribution in [-0.4, -0.2) is 30.1 Å². The van der Waals surface area contributed by atoms with Gasteiger partial charge in [-0.05, 0) is 49.7 Å². The van der Waals surface area contributed by atoms with Gasteiger partial charge < -0.3 is 15.4 Å². The summed E-state index contributed by atoms with van der Waals surface area (Å²) in [5.41, 5.74) is 4.27. The van der Waals surface area contributed by atoms with Crippen LogP contribution in [0.15, 0.2) is 89.1 Å². The minimum Gasteiger partial charge on any atom is -0.462 e. The van der Waals surface area contributed by atoms with Crippen molar-refractivity contribution in [3.05, 3.63) is 101 Å². The number of nitrogens with one attached hydrogen (secondary N) is 2. The Morgan fingerprint density at radius 1 is 0.919 bits per heavy atom. The molecule has 0 bridgehead atoms. The number of thiophene rings is 1. The van der Waals surface area contributed by atoms with Crippen LogP contribution >= 0.6 is 23.1 Å². The summed E-state index contributed by atoms with van der Waals surface area (Å²) in [7, 11) is 0. The van der Waals surface area contributed by atoms with E-state index in [0.29, 0.717) is 21.8 Å². The topological polar surface area (TPSA) is 84.5 Å². The van der Waals surface area contributed by atoms with Crippen molar-refractivity contribution < 1.29 is 19.1 Å². The predicted octanol–water partition coefficient (Wildman–Crippen LogP) is 6.88. The van der Waals surface area contributed by atoms with Gasteiger partial charge in [-0.2, -0.15) is 0 Å². The fourth-order valence-corrected chi connectivity index (χ4v) is 5.30. The molecule has 37 heavy (non-hydrogen) atoms. The number of benzene rings is 3. The standard InChI is InChI=1S/C29H26N2O4S2/c1-3-35-29(34)26-24(20-8-5-4-6-9-20)17-37-28(26)31-25(32)18-36-23-11-7-10-22(16-23)30-27(33)21-14-12-19(2)13-15-21/h4-17H,3,18H2,1-2H3,(H,30,33)(H,31,32). The van der Waals surface area contributed by atoms with Gasteiger partial charge in [0.15, 0.2) is 0 Å². The lowest BCUT2D eigenvalue weighted by Crippen LogP contribution is -2.16. The molecule has 0 aliphatic rings. The first kappa shape index (κ1) is 26.2. The Kier molecular flexibility index (Phi) is 8.77. The lowest BCUT2D eigenvalue weighted by atomic mass is 10.0. The Labute approximate surface area is 224 Å². The number of esters is 1. The van der Waals surface area contributed by atoms with Crippen LogP contribution in [0, 0.1) is 6.92 Å². The van der Waals surface area contributed by atoms with Gasteiger partial charge in [0.2, 0.25) is 5.91 Å². The fourth-order valence-electron chi connectivity index (χ4n) is 3.57. The van der Waals surface area contributed by atoms with Crippen LogP contribution in [0.4, 0.5) is 10.7 Å². The molecule has 188 valence electrons. The van der Waals surface area contributed by atoms with Gasteiger partial charge in [0.05, 0.1) is 12.4 Å². The molecule has 0 atom stereocenters. The molecule has 1 heterocycles. The summed E-state index contributed by atoms with van der Waals surface area (Å²) in [6.07, 6.45) is 0. The number of amides is 2. The Hall–Kier alpha value is -3.88. The predicted molar refractivity (Wildman–Crippen MR) is 151 cm³/mol.